The molecule has 3 rings (SSSR count). The van der Waals surface area contributed by atoms with Crippen LogP contribution in [-0.2, 0) is 14.4 Å². The number of hydrogen-bond acceptors (Lipinski definition) is 7. The summed E-state index contributed by atoms with van der Waals surface area (Å²) in [6.07, 6.45) is 0.220. The Morgan fingerprint density at radius 2 is 1.69 bits per heavy atom. The van der Waals surface area contributed by atoms with Crippen LogP contribution in [0.4, 0.5) is 5.69 Å². The summed E-state index contributed by atoms with van der Waals surface area (Å²) < 4.78 is 15.6. The highest BCUT2D eigenvalue weighted by molar-refractivity contribution is 6.23. The Labute approximate surface area is 203 Å². The van der Waals surface area contributed by atoms with Crippen molar-refractivity contribution in [3.63, 3.8) is 0 Å². The van der Waals surface area contributed by atoms with E-state index in [1.54, 1.807) is 37.3 Å². The van der Waals surface area contributed by atoms with Gasteiger partial charge in [-0.15, -0.1) is 0 Å². The molecule has 2 unspecified atom stereocenters. The second-order valence-electron chi connectivity index (χ2n) is 8.01. The van der Waals surface area contributed by atoms with E-state index >= 15 is 0 Å². The number of ether oxygens (including phenoxy) is 3. The Balaban J connectivity index is 1.91. The summed E-state index contributed by atoms with van der Waals surface area (Å²) in [6.45, 7) is 3.52. The number of amides is 4. The van der Waals surface area contributed by atoms with Gasteiger partial charge in [0.15, 0.2) is 11.5 Å². The first-order chi connectivity index (χ1) is 16.7. The van der Waals surface area contributed by atoms with Gasteiger partial charge in [-0.05, 0) is 48.9 Å². The molecule has 0 radical (unpaired) electrons. The number of imide groups is 1. The minimum atomic E-state index is -1.19. The van der Waals surface area contributed by atoms with Gasteiger partial charge in [-0.2, -0.15) is 0 Å². The van der Waals surface area contributed by atoms with Crippen LogP contribution in [0.15, 0.2) is 42.5 Å². The molecule has 4 amide bonds. The van der Waals surface area contributed by atoms with Gasteiger partial charge in [0.25, 0.3) is 11.8 Å². The zero-order valence-corrected chi connectivity index (χ0v) is 20.4. The summed E-state index contributed by atoms with van der Waals surface area (Å²) >= 11 is 0. The topological polar surface area (TPSA) is 114 Å². The van der Waals surface area contributed by atoms with E-state index in [2.05, 4.69) is 5.43 Å². The van der Waals surface area contributed by atoms with Gasteiger partial charge in [-0.1, -0.05) is 13.8 Å². The van der Waals surface area contributed by atoms with Crippen molar-refractivity contribution in [2.75, 3.05) is 26.2 Å². The van der Waals surface area contributed by atoms with Gasteiger partial charge < -0.3 is 14.2 Å². The lowest BCUT2D eigenvalue weighted by Gasteiger charge is -2.30. The third kappa shape index (κ3) is 5.21. The number of hydrogen-bond donors (Lipinski definition) is 1. The average molecular weight is 484 g/mol. The van der Waals surface area contributed by atoms with Gasteiger partial charge in [-0.3, -0.25) is 24.6 Å². The summed E-state index contributed by atoms with van der Waals surface area (Å²) in [5.41, 5.74) is 3.09. The first kappa shape index (κ1) is 25.5. The lowest BCUT2D eigenvalue weighted by Crippen LogP contribution is -2.56. The molecule has 0 spiro atoms. The molecule has 10 heteroatoms. The molecular weight excluding hydrogens is 454 g/mol. The van der Waals surface area contributed by atoms with Crippen LogP contribution >= 0.6 is 0 Å². The molecule has 0 aliphatic carbocycles. The lowest BCUT2D eigenvalue weighted by atomic mass is 10.1. The maximum atomic E-state index is 13.3. The first-order valence-corrected chi connectivity index (χ1v) is 11.1. The minimum absolute atomic E-state index is 0.188. The largest absolute Gasteiger partial charge is 0.497 e. The molecule has 1 fully saturated rings. The van der Waals surface area contributed by atoms with Crippen molar-refractivity contribution < 1.29 is 33.4 Å². The van der Waals surface area contributed by atoms with Crippen molar-refractivity contribution in [2.24, 2.45) is 5.92 Å². The first-order valence-electron chi connectivity index (χ1n) is 11.1. The van der Waals surface area contributed by atoms with E-state index in [1.165, 1.54) is 33.5 Å². The van der Waals surface area contributed by atoms with Crippen molar-refractivity contribution in [1.82, 2.24) is 10.4 Å². The van der Waals surface area contributed by atoms with E-state index in [1.807, 2.05) is 6.92 Å². The molecule has 186 valence electrons. The molecule has 0 saturated carbocycles. The van der Waals surface area contributed by atoms with Crippen LogP contribution in [0.3, 0.4) is 0 Å². The van der Waals surface area contributed by atoms with Gasteiger partial charge in [0.05, 0.1) is 33.4 Å². The number of carbonyl (C=O) groups is 4. The van der Waals surface area contributed by atoms with Crippen molar-refractivity contribution in [1.29, 1.82) is 0 Å². The van der Waals surface area contributed by atoms with Crippen LogP contribution in [0.1, 0.15) is 37.0 Å². The van der Waals surface area contributed by atoms with Crippen LogP contribution in [0.5, 0.6) is 17.2 Å². The third-order valence-electron chi connectivity index (χ3n) is 5.90. The van der Waals surface area contributed by atoms with E-state index in [0.29, 0.717) is 29.4 Å². The number of anilines is 1. The maximum Gasteiger partial charge on any atom is 0.270 e. The normalized spacial score (nSPS) is 16.0. The summed E-state index contributed by atoms with van der Waals surface area (Å²) in [5, 5.41) is 0.983. The SMILES string of the molecule is CCC(C)C(=O)N(NC(=O)c1ccc(OC)c(OC)c1)C1CC(=O)N(c2ccc(OC)cc2)C1=O. The molecular formula is C25H29N3O7. The maximum absolute atomic E-state index is 13.3. The van der Waals surface area contributed by atoms with Crippen LogP contribution in [0, 0.1) is 5.92 Å². The van der Waals surface area contributed by atoms with Gasteiger partial charge >= 0.3 is 0 Å². The Kier molecular flexibility index (Phi) is 7.95. The summed E-state index contributed by atoms with van der Waals surface area (Å²) in [6, 6.07) is 9.77. The van der Waals surface area contributed by atoms with Crippen molar-refractivity contribution >= 4 is 29.3 Å². The molecule has 2 atom stereocenters. The fraction of sp³-hybridized carbons (Fsp3) is 0.360. The van der Waals surface area contributed by atoms with Crippen molar-refractivity contribution in [2.45, 2.75) is 32.7 Å². The monoisotopic (exact) mass is 483 g/mol. The minimum Gasteiger partial charge on any atom is -0.497 e. The highest BCUT2D eigenvalue weighted by atomic mass is 16.5. The van der Waals surface area contributed by atoms with Crippen LogP contribution < -0.4 is 24.5 Å². The molecule has 1 N–H and O–H groups in total. The Hall–Kier alpha value is -4.08. The van der Waals surface area contributed by atoms with Crippen molar-refractivity contribution in [3.05, 3.63) is 48.0 Å². The molecule has 10 nitrogen and oxygen atoms in total. The number of nitrogens with one attached hydrogen (secondary N) is 1. The van der Waals surface area contributed by atoms with Gasteiger partial charge in [0.2, 0.25) is 11.8 Å². The molecule has 35 heavy (non-hydrogen) atoms. The standard InChI is InChI=1S/C25H29N3O7/c1-6-15(2)24(31)28(26-23(30)16-7-12-20(34-4)21(13-16)35-5)19-14-22(29)27(25(19)32)17-8-10-18(33-3)11-9-17/h7-13,15,19H,6,14H2,1-5H3,(H,26,30). The molecule has 0 bridgehead atoms. The lowest BCUT2D eigenvalue weighted by molar-refractivity contribution is -0.144. The zero-order valence-electron chi connectivity index (χ0n) is 20.4. The molecule has 0 aromatic heterocycles. The number of carbonyl (C=O) groups excluding carboxylic acids is 4. The molecule has 1 aliphatic rings. The van der Waals surface area contributed by atoms with Gasteiger partial charge in [0.1, 0.15) is 11.8 Å². The highest BCUT2D eigenvalue weighted by Crippen LogP contribution is 2.29. The number of rotatable bonds is 8. The molecule has 1 aliphatic heterocycles. The van der Waals surface area contributed by atoms with Crippen molar-refractivity contribution in [3.8, 4) is 17.2 Å². The number of methoxy groups -OCH3 is 3. The van der Waals surface area contributed by atoms with E-state index in [0.717, 1.165) is 9.91 Å². The number of hydrazine groups is 1. The number of benzene rings is 2. The van der Waals surface area contributed by atoms with Crippen LogP contribution in [0.25, 0.3) is 0 Å². The van der Waals surface area contributed by atoms with E-state index in [-0.39, 0.29) is 12.0 Å². The Morgan fingerprint density at radius 3 is 2.26 bits per heavy atom. The zero-order chi connectivity index (χ0) is 25.7. The van der Waals surface area contributed by atoms with E-state index in [4.69, 9.17) is 14.2 Å². The second kappa shape index (κ2) is 10.9. The van der Waals surface area contributed by atoms with Crippen LogP contribution in [0.2, 0.25) is 0 Å². The quantitative estimate of drug-likeness (QED) is 0.453. The predicted molar refractivity (Wildman–Crippen MR) is 127 cm³/mol. The fourth-order valence-corrected chi connectivity index (χ4v) is 3.67. The molecule has 1 heterocycles. The van der Waals surface area contributed by atoms with Gasteiger partial charge in [0, 0.05) is 11.5 Å². The molecule has 2 aromatic carbocycles. The third-order valence-corrected chi connectivity index (χ3v) is 5.90. The molecule has 2 aromatic rings. The molecule has 1 saturated heterocycles. The van der Waals surface area contributed by atoms with Crippen LogP contribution in [-0.4, -0.2) is 56.0 Å². The number of nitrogens with zero attached hydrogens (tertiary/aromatic N) is 2. The van der Waals surface area contributed by atoms with E-state index in [9.17, 15) is 19.2 Å². The predicted octanol–water partition coefficient (Wildman–Crippen LogP) is 2.56. The fourth-order valence-electron chi connectivity index (χ4n) is 3.67. The smallest absolute Gasteiger partial charge is 0.270 e. The second-order valence-corrected chi connectivity index (χ2v) is 8.01. The summed E-state index contributed by atoms with van der Waals surface area (Å²) in [5.74, 6) is -1.34. The Morgan fingerprint density at radius 1 is 1.03 bits per heavy atom. The summed E-state index contributed by atoms with van der Waals surface area (Å²) in [7, 11) is 4.42. The average Bonchev–Trinajstić information content (AvgIpc) is 3.18. The Bertz CT molecular complexity index is 1120. The summed E-state index contributed by atoms with van der Waals surface area (Å²) in [4.78, 5) is 53.4. The van der Waals surface area contributed by atoms with Gasteiger partial charge in [-0.25, -0.2) is 9.91 Å². The highest BCUT2D eigenvalue weighted by Gasteiger charge is 2.46. The van der Waals surface area contributed by atoms with E-state index < -0.39 is 35.6 Å².